The quantitative estimate of drug-likeness (QED) is 0.317. The molecule has 1 saturated heterocycles. The first-order valence-corrected chi connectivity index (χ1v) is 14.3. The Kier molecular flexibility index (Phi) is 7.66. The third-order valence-corrected chi connectivity index (χ3v) is 8.35. The number of piperazine rings is 1. The fourth-order valence-corrected chi connectivity index (χ4v) is 5.90. The number of aryl methyl sites for hydroxylation is 3. The Balaban J connectivity index is 1.28. The number of fused-ring (bicyclic) bond motifs is 1. The maximum atomic E-state index is 12.7. The van der Waals surface area contributed by atoms with Crippen molar-refractivity contribution >= 4 is 32.7 Å². The number of hydrogen-bond donors (Lipinski definition) is 3. The maximum Gasteiger partial charge on any atom is 0.247 e. The van der Waals surface area contributed by atoms with Crippen LogP contribution in [0.4, 0.5) is 11.6 Å². The zero-order valence-electron chi connectivity index (χ0n) is 22.0. The van der Waals surface area contributed by atoms with E-state index in [0.717, 1.165) is 48.3 Å². The lowest BCUT2D eigenvalue weighted by molar-refractivity contribution is 0.245. The normalized spacial score (nSPS) is 14.6. The summed E-state index contributed by atoms with van der Waals surface area (Å²) in [7, 11) is -3.58. The highest BCUT2D eigenvalue weighted by Gasteiger charge is 2.16. The summed E-state index contributed by atoms with van der Waals surface area (Å²) in [5.74, 6) is 0.352. The van der Waals surface area contributed by atoms with Gasteiger partial charge in [-0.15, -0.1) is 10.2 Å². The Morgan fingerprint density at radius 3 is 2.34 bits per heavy atom. The second-order valence-corrected chi connectivity index (χ2v) is 11.5. The molecule has 0 atom stereocenters. The molecule has 1 aliphatic rings. The number of anilines is 2. The summed E-state index contributed by atoms with van der Waals surface area (Å²) in [6.45, 7) is 11.0. The average molecular weight is 532 g/mol. The van der Waals surface area contributed by atoms with E-state index < -0.39 is 10.0 Å². The number of benzene rings is 3. The third kappa shape index (κ3) is 5.83. The van der Waals surface area contributed by atoms with Gasteiger partial charge in [0.1, 0.15) is 5.52 Å². The first-order chi connectivity index (χ1) is 18.3. The summed E-state index contributed by atoms with van der Waals surface area (Å²) in [5.41, 5.74) is 7.90. The molecule has 5 rings (SSSR count). The molecule has 4 aromatic rings. The summed E-state index contributed by atoms with van der Waals surface area (Å²) < 4.78 is 28.1. The maximum absolute atomic E-state index is 12.7. The molecular formula is C28H33N7O2S. The monoisotopic (exact) mass is 531 g/mol. The molecule has 9 nitrogen and oxygen atoms in total. The standard InChI is InChI=1S/C28H33N7O2S/c1-19-5-4-6-20(2)26(19)22-17-21(3)27-25(18-22)33-34-28(32-27)31-23-7-9-24(10-8-23)38(36,37)30-13-16-35-14-11-29-12-15-35/h4-10,17-18,29-30H,11-16H2,1-3H3,(H,31,32,34). The molecule has 3 N–H and O–H groups in total. The van der Waals surface area contributed by atoms with Gasteiger partial charge in [0.25, 0.3) is 0 Å². The van der Waals surface area contributed by atoms with Crippen molar-refractivity contribution < 1.29 is 8.42 Å². The summed E-state index contributed by atoms with van der Waals surface area (Å²) in [6, 6.07) is 17.0. The fraction of sp³-hybridized carbons (Fsp3) is 0.321. The van der Waals surface area contributed by atoms with Gasteiger partial charge in [0.15, 0.2) is 0 Å². The third-order valence-electron chi connectivity index (χ3n) is 6.87. The van der Waals surface area contributed by atoms with E-state index in [-0.39, 0.29) is 4.90 Å². The number of rotatable bonds is 8. The molecule has 1 fully saturated rings. The van der Waals surface area contributed by atoms with Crippen LogP contribution in [0.25, 0.3) is 22.2 Å². The molecule has 0 unspecified atom stereocenters. The van der Waals surface area contributed by atoms with Crippen LogP contribution in [-0.2, 0) is 10.0 Å². The van der Waals surface area contributed by atoms with E-state index in [1.54, 1.807) is 24.3 Å². The Morgan fingerprint density at radius 2 is 1.63 bits per heavy atom. The number of sulfonamides is 1. The average Bonchev–Trinajstić information content (AvgIpc) is 2.90. The molecule has 2 heterocycles. The van der Waals surface area contributed by atoms with E-state index >= 15 is 0 Å². The largest absolute Gasteiger partial charge is 0.323 e. The SMILES string of the molecule is Cc1cccc(C)c1-c1cc(C)c2nc(Nc3ccc(S(=O)(=O)NCCN4CCNCC4)cc3)nnc2c1. The first-order valence-electron chi connectivity index (χ1n) is 12.8. The van der Waals surface area contributed by atoms with E-state index in [9.17, 15) is 8.42 Å². The lowest BCUT2D eigenvalue weighted by atomic mass is 9.94. The highest BCUT2D eigenvalue weighted by molar-refractivity contribution is 7.89. The molecule has 198 valence electrons. The van der Waals surface area contributed by atoms with Crippen LogP contribution in [0.5, 0.6) is 0 Å². The van der Waals surface area contributed by atoms with E-state index in [2.05, 4.69) is 73.5 Å². The van der Waals surface area contributed by atoms with E-state index in [0.29, 0.717) is 24.7 Å². The second-order valence-electron chi connectivity index (χ2n) is 9.70. The summed E-state index contributed by atoms with van der Waals surface area (Å²) in [4.78, 5) is 7.15. The Labute approximate surface area is 223 Å². The van der Waals surface area contributed by atoms with Crippen molar-refractivity contribution in [1.29, 1.82) is 0 Å². The van der Waals surface area contributed by atoms with Gasteiger partial charge in [0, 0.05) is 45.0 Å². The van der Waals surface area contributed by atoms with Gasteiger partial charge >= 0.3 is 0 Å². The van der Waals surface area contributed by atoms with Gasteiger partial charge < -0.3 is 10.6 Å². The van der Waals surface area contributed by atoms with Crippen LogP contribution in [0.3, 0.4) is 0 Å². The summed E-state index contributed by atoms with van der Waals surface area (Å²) in [5, 5.41) is 15.1. The fourth-order valence-electron chi connectivity index (χ4n) is 4.88. The molecule has 1 aromatic heterocycles. The van der Waals surface area contributed by atoms with Crippen molar-refractivity contribution in [3.63, 3.8) is 0 Å². The van der Waals surface area contributed by atoms with E-state index in [1.807, 2.05) is 13.0 Å². The molecule has 1 aliphatic heterocycles. The van der Waals surface area contributed by atoms with Gasteiger partial charge in [0.05, 0.1) is 10.4 Å². The predicted molar refractivity (Wildman–Crippen MR) is 151 cm³/mol. The van der Waals surface area contributed by atoms with Gasteiger partial charge in [-0.05, 0) is 85.0 Å². The van der Waals surface area contributed by atoms with Gasteiger partial charge in [-0.2, -0.15) is 0 Å². The van der Waals surface area contributed by atoms with E-state index in [1.165, 1.54) is 16.7 Å². The number of nitrogens with zero attached hydrogens (tertiary/aromatic N) is 4. The molecule has 0 amide bonds. The van der Waals surface area contributed by atoms with Crippen LogP contribution >= 0.6 is 0 Å². The highest BCUT2D eigenvalue weighted by Crippen LogP contribution is 2.31. The lowest BCUT2D eigenvalue weighted by Gasteiger charge is -2.27. The Morgan fingerprint density at radius 1 is 0.921 bits per heavy atom. The summed E-state index contributed by atoms with van der Waals surface area (Å²) in [6.07, 6.45) is 0. The van der Waals surface area contributed by atoms with Crippen molar-refractivity contribution in [2.45, 2.75) is 25.7 Å². The predicted octanol–water partition coefficient (Wildman–Crippen LogP) is 3.54. The smallest absolute Gasteiger partial charge is 0.247 e. The molecule has 0 spiro atoms. The van der Waals surface area contributed by atoms with Crippen LogP contribution in [0.15, 0.2) is 59.5 Å². The molecule has 0 saturated carbocycles. The van der Waals surface area contributed by atoms with Crippen LogP contribution < -0.4 is 15.4 Å². The summed E-state index contributed by atoms with van der Waals surface area (Å²) >= 11 is 0. The minimum Gasteiger partial charge on any atom is -0.323 e. The van der Waals surface area contributed by atoms with E-state index in [4.69, 9.17) is 0 Å². The van der Waals surface area contributed by atoms with Gasteiger partial charge in [0.2, 0.25) is 16.0 Å². The van der Waals surface area contributed by atoms with Crippen LogP contribution in [0, 0.1) is 20.8 Å². The zero-order chi connectivity index (χ0) is 26.7. The number of hydrogen-bond acceptors (Lipinski definition) is 8. The first kappa shape index (κ1) is 26.2. The van der Waals surface area contributed by atoms with Crippen molar-refractivity contribution in [2.75, 3.05) is 44.6 Å². The minimum absolute atomic E-state index is 0.218. The van der Waals surface area contributed by atoms with Crippen molar-refractivity contribution in [1.82, 2.24) is 30.1 Å². The van der Waals surface area contributed by atoms with Gasteiger partial charge in [-0.3, -0.25) is 4.90 Å². The molecule has 0 aliphatic carbocycles. The Hall–Kier alpha value is -3.44. The topological polar surface area (TPSA) is 112 Å². The van der Waals surface area contributed by atoms with Crippen molar-refractivity contribution in [3.05, 3.63) is 71.3 Å². The van der Waals surface area contributed by atoms with Gasteiger partial charge in [-0.25, -0.2) is 18.1 Å². The molecule has 38 heavy (non-hydrogen) atoms. The van der Waals surface area contributed by atoms with Crippen LogP contribution in [0.1, 0.15) is 16.7 Å². The van der Waals surface area contributed by atoms with Crippen LogP contribution in [0.2, 0.25) is 0 Å². The molecule has 0 radical (unpaired) electrons. The second kappa shape index (κ2) is 11.1. The molecule has 3 aromatic carbocycles. The Bertz CT molecular complexity index is 1530. The number of nitrogens with one attached hydrogen (secondary N) is 3. The lowest BCUT2D eigenvalue weighted by Crippen LogP contribution is -2.46. The van der Waals surface area contributed by atoms with Crippen molar-refractivity contribution in [3.8, 4) is 11.1 Å². The zero-order valence-corrected chi connectivity index (χ0v) is 22.8. The van der Waals surface area contributed by atoms with Gasteiger partial charge in [-0.1, -0.05) is 18.2 Å². The molecule has 0 bridgehead atoms. The number of aromatic nitrogens is 3. The van der Waals surface area contributed by atoms with Crippen LogP contribution in [-0.4, -0.2) is 67.8 Å². The van der Waals surface area contributed by atoms with Crippen molar-refractivity contribution in [2.24, 2.45) is 0 Å². The minimum atomic E-state index is -3.58. The molecule has 10 heteroatoms. The molecular weight excluding hydrogens is 498 g/mol. The highest BCUT2D eigenvalue weighted by atomic mass is 32.2.